The summed E-state index contributed by atoms with van der Waals surface area (Å²) in [4.78, 5) is 19.3. The maximum Gasteiger partial charge on any atom is 0.692 e. The van der Waals surface area contributed by atoms with E-state index in [1.165, 1.54) is 25.7 Å². The molecule has 20 heavy (non-hydrogen) atoms. The van der Waals surface area contributed by atoms with Crippen LogP contribution in [0.5, 0.6) is 0 Å². The molecule has 8 nitrogen and oxygen atoms in total. The van der Waals surface area contributed by atoms with Crippen molar-refractivity contribution < 1.29 is 14.4 Å². The molecule has 0 atom stereocenters. The van der Waals surface area contributed by atoms with Crippen molar-refractivity contribution in [1.82, 2.24) is 4.90 Å². The molecule has 0 bridgehead atoms. The summed E-state index contributed by atoms with van der Waals surface area (Å²) in [7, 11) is 0.578. The molecule has 0 radical (unpaired) electrons. The number of hydrogen-bond donors (Lipinski definition) is 5. The first kappa shape index (κ1) is 27.2. The van der Waals surface area contributed by atoms with Crippen LogP contribution in [0.3, 0.4) is 0 Å². The summed E-state index contributed by atoms with van der Waals surface area (Å²) in [5, 5.41) is 6.70. The molecule has 0 heterocycles. The predicted molar refractivity (Wildman–Crippen MR) is 86.2 cm³/mol. The Balaban J connectivity index is -0.0000000976. The van der Waals surface area contributed by atoms with E-state index in [1.54, 1.807) is 19.0 Å². The van der Waals surface area contributed by atoms with E-state index in [-0.39, 0.29) is 24.3 Å². The Labute approximate surface area is 127 Å². The van der Waals surface area contributed by atoms with Crippen molar-refractivity contribution in [3.05, 3.63) is 13.2 Å². The van der Waals surface area contributed by atoms with Gasteiger partial charge in [0.15, 0.2) is 5.96 Å². The highest BCUT2D eigenvalue weighted by atomic mass is 35.5. The monoisotopic (exact) mass is 330 g/mol. The summed E-state index contributed by atoms with van der Waals surface area (Å²) >= 11 is 0. The summed E-state index contributed by atoms with van der Waals surface area (Å²) in [5.41, 5.74) is 10.2. The Bertz CT molecular complexity index is 278. The highest BCUT2D eigenvalue weighted by molar-refractivity contribution is 7.30. The van der Waals surface area contributed by atoms with E-state index < -0.39 is 8.25 Å². The maximum atomic E-state index is 8.70. The third kappa shape index (κ3) is 36.0. The minimum Gasteiger partial charge on any atom is -0.369 e. The van der Waals surface area contributed by atoms with Crippen LogP contribution in [0.25, 0.3) is 0 Å². The largest absolute Gasteiger partial charge is 0.692 e. The van der Waals surface area contributed by atoms with Gasteiger partial charge in [-0.1, -0.05) is 25.7 Å². The summed E-state index contributed by atoms with van der Waals surface area (Å²) in [6, 6.07) is 0. The second-order valence-electron chi connectivity index (χ2n) is 3.42. The number of halogens is 1. The van der Waals surface area contributed by atoms with Crippen molar-refractivity contribution in [3.63, 3.8) is 0 Å². The van der Waals surface area contributed by atoms with Crippen LogP contribution in [0.2, 0.25) is 0 Å². The van der Waals surface area contributed by atoms with E-state index in [0.29, 0.717) is 0 Å². The van der Waals surface area contributed by atoms with Gasteiger partial charge in [-0.25, -0.2) is 0 Å². The van der Waals surface area contributed by atoms with Gasteiger partial charge in [0, 0.05) is 18.7 Å². The van der Waals surface area contributed by atoms with Crippen LogP contribution in [0.4, 0.5) is 0 Å². The normalized spacial score (nSPS) is 11.3. The lowest BCUT2D eigenvalue weighted by molar-refractivity contribution is 0.405. The van der Waals surface area contributed by atoms with Gasteiger partial charge in [0.25, 0.3) is 0 Å². The Morgan fingerprint density at radius 2 is 1.45 bits per heavy atom. The molecule has 0 unspecified atom stereocenters. The number of nitrogens with zero attached hydrogens (tertiary/aromatic N) is 2. The van der Waals surface area contributed by atoms with E-state index in [4.69, 9.17) is 31.2 Å². The molecule has 1 aliphatic rings. The quantitative estimate of drug-likeness (QED) is 0.195. The van der Waals surface area contributed by atoms with E-state index in [2.05, 4.69) is 18.2 Å². The molecule has 0 saturated heterocycles. The van der Waals surface area contributed by atoms with Crippen LogP contribution in [0.15, 0.2) is 18.2 Å². The van der Waals surface area contributed by atoms with Gasteiger partial charge in [-0.2, -0.15) is 4.99 Å². The molecule has 0 spiro atoms. The van der Waals surface area contributed by atoms with Gasteiger partial charge in [-0.15, -0.1) is 35.4 Å². The summed E-state index contributed by atoms with van der Waals surface area (Å²) < 4.78 is 8.70. The molecule has 120 valence electrons. The second kappa shape index (κ2) is 20.1. The molecule has 7 N–H and O–H groups in total. The number of nitrogens with one attached hydrogen (secondary N) is 1. The minimum atomic E-state index is -2.87. The van der Waals surface area contributed by atoms with Gasteiger partial charge in [0.1, 0.15) is 0 Å². The first-order valence-corrected chi connectivity index (χ1v) is 6.64. The van der Waals surface area contributed by atoms with E-state index in [1.807, 2.05) is 0 Å². The van der Waals surface area contributed by atoms with Gasteiger partial charge in [0.2, 0.25) is 5.96 Å². The zero-order valence-electron chi connectivity index (χ0n) is 11.9. The van der Waals surface area contributed by atoms with Crippen LogP contribution in [0.1, 0.15) is 25.7 Å². The van der Waals surface area contributed by atoms with E-state index in [9.17, 15) is 0 Å². The molecule has 0 aromatic rings. The van der Waals surface area contributed by atoms with Gasteiger partial charge in [0.05, 0.1) is 0 Å². The topological polar surface area (TPSA) is 149 Å². The Kier molecular flexibility index (Phi) is 27.3. The van der Waals surface area contributed by atoms with E-state index in [0.717, 1.165) is 0 Å². The molecule has 1 saturated carbocycles. The molecule has 1 rings (SSSR count). The van der Waals surface area contributed by atoms with Crippen molar-refractivity contribution in [1.29, 1.82) is 5.41 Å². The maximum absolute atomic E-state index is 8.70. The number of hydrogen-bond acceptors (Lipinski definition) is 2. The lowest BCUT2D eigenvalue weighted by atomic mass is 10.0. The second-order valence-corrected chi connectivity index (χ2v) is 3.92. The molecule has 0 aromatic heterocycles. The Morgan fingerprint density at radius 1 is 1.20 bits per heavy atom. The van der Waals surface area contributed by atoms with Crippen LogP contribution < -0.4 is 11.5 Å². The zero-order chi connectivity index (χ0) is 15.8. The molecule has 10 heteroatoms. The zero-order valence-corrected chi connectivity index (χ0v) is 13.7. The lowest BCUT2D eigenvalue weighted by Crippen LogP contribution is -2.32. The third-order valence-electron chi connectivity index (χ3n) is 1.69. The van der Waals surface area contributed by atoms with E-state index >= 15 is 0 Å². The highest BCUT2D eigenvalue weighted by Crippen LogP contribution is 2.15. The minimum absolute atomic E-state index is 0. The molecule has 0 aliphatic heterocycles. The van der Waals surface area contributed by atoms with Crippen molar-refractivity contribution >= 4 is 32.6 Å². The molecule has 0 amide bonds. The summed E-state index contributed by atoms with van der Waals surface area (Å²) in [5.74, 6) is -0.0382. The molecule has 0 aromatic carbocycles. The average molecular weight is 331 g/mol. The smallest absolute Gasteiger partial charge is 0.369 e. The average Bonchev–Trinajstić information content (AvgIpc) is 2.15. The fourth-order valence-electron chi connectivity index (χ4n) is 0.473. The number of guanidine groups is 2. The lowest BCUT2D eigenvalue weighted by Gasteiger charge is -2.08. The van der Waals surface area contributed by atoms with Crippen LogP contribution in [-0.2, 0) is 4.57 Å². The van der Waals surface area contributed by atoms with Crippen molar-refractivity contribution in [2.45, 2.75) is 25.7 Å². The van der Waals surface area contributed by atoms with Crippen LogP contribution in [-0.4, -0.2) is 40.7 Å². The van der Waals surface area contributed by atoms with Crippen molar-refractivity contribution in [2.75, 3.05) is 14.1 Å². The number of aliphatic imine (C=N–C) groups is 1. The van der Waals surface area contributed by atoms with Crippen LogP contribution >= 0.6 is 20.7 Å². The highest BCUT2D eigenvalue weighted by Gasteiger charge is 1.95. The Morgan fingerprint density at radius 3 is 1.50 bits per heavy atom. The molecule has 1 fully saturated rings. The van der Waals surface area contributed by atoms with Gasteiger partial charge >= 0.3 is 8.25 Å². The predicted octanol–water partition coefficient (Wildman–Crippen LogP) is 1.17. The fraction of sp³-hybridized carbons (Fsp3) is 0.600. The fourth-order valence-corrected chi connectivity index (χ4v) is 0.473. The Hall–Kier alpha value is -1.21. The summed E-state index contributed by atoms with van der Waals surface area (Å²) in [6.45, 7) is 6.00. The first-order chi connectivity index (χ1) is 8.77. The molecule has 1 aliphatic carbocycles. The molecular weight excluding hydrogens is 305 g/mol. The number of rotatable bonds is 0. The standard InChI is InChI=1S/C4H11N5.C4H8.C2H4.ClH.HO3P/c1-9(2)4(7)8-3(5)6;1-2-4-3-1;1-2;;1-4(2)3/h1-2H3,(H5,5,6,7,8);1-4H2;1-2H2;1H;(H-,1,2,3)/p+1. The van der Waals surface area contributed by atoms with Crippen LogP contribution in [0, 0.1) is 5.41 Å². The summed E-state index contributed by atoms with van der Waals surface area (Å²) in [6.07, 6.45) is 6.00. The third-order valence-corrected chi connectivity index (χ3v) is 1.69. The van der Waals surface area contributed by atoms with Gasteiger partial charge < -0.3 is 16.4 Å². The van der Waals surface area contributed by atoms with Gasteiger partial charge in [-0.3, -0.25) is 5.41 Å². The molecular formula is C10H26ClN5O3P+. The number of nitrogens with two attached hydrogens (primary N) is 2. The first-order valence-electron chi connectivity index (χ1n) is 5.48. The van der Waals surface area contributed by atoms with Crippen molar-refractivity contribution in [3.8, 4) is 0 Å². The van der Waals surface area contributed by atoms with Gasteiger partial charge in [-0.05, 0) is 0 Å². The SMILES string of the molecule is C1CCC1.C=C.CN(C)C(N)=NC(=N)N.Cl.O=[P+](O)O. The van der Waals surface area contributed by atoms with Crippen molar-refractivity contribution in [2.24, 2.45) is 16.5 Å².